The highest BCUT2D eigenvalue weighted by Gasteiger charge is 2.29. The second-order valence-corrected chi connectivity index (χ2v) is 4.61. The first-order valence-electron chi connectivity index (χ1n) is 6.40. The van der Waals surface area contributed by atoms with Crippen molar-refractivity contribution in [3.63, 3.8) is 0 Å². The Balaban J connectivity index is 1.89. The van der Waals surface area contributed by atoms with Crippen molar-refractivity contribution < 1.29 is 9.53 Å². The lowest BCUT2D eigenvalue weighted by molar-refractivity contribution is -0.130. The molecule has 1 fully saturated rings. The first-order valence-corrected chi connectivity index (χ1v) is 6.40. The summed E-state index contributed by atoms with van der Waals surface area (Å²) >= 11 is 0. The molecule has 94 valence electrons. The minimum atomic E-state index is -0.534. The molecule has 0 saturated carbocycles. The third-order valence-electron chi connectivity index (χ3n) is 3.31. The van der Waals surface area contributed by atoms with Gasteiger partial charge in [-0.3, -0.25) is 4.79 Å². The highest BCUT2D eigenvalue weighted by atomic mass is 16.5. The zero-order chi connectivity index (χ0) is 12.8. The van der Waals surface area contributed by atoms with Gasteiger partial charge in [0.25, 0.3) is 0 Å². The smallest absolute Gasteiger partial charge is 0.178 e. The number of ketones is 1. The molecule has 1 aromatic carbocycles. The molecule has 1 aliphatic rings. The average Bonchev–Trinajstić information content (AvgIpc) is 2.94. The molecular formula is C15H17NO2. The molecule has 1 aromatic rings. The summed E-state index contributed by atoms with van der Waals surface area (Å²) in [6, 6.07) is 12.1. The van der Waals surface area contributed by atoms with Crippen molar-refractivity contribution >= 4 is 5.78 Å². The fraction of sp³-hybridized carbons (Fsp3) is 0.467. The van der Waals surface area contributed by atoms with E-state index in [4.69, 9.17) is 10.00 Å². The van der Waals surface area contributed by atoms with Crippen molar-refractivity contribution in [1.29, 1.82) is 5.26 Å². The standard InChI is InChI=1S/C15H17NO2/c16-11-13(15(17)14-7-4-10-18-14)9-8-12-5-2-1-3-6-12/h1-3,5-6,13-14H,4,7-10H2. The second kappa shape index (κ2) is 6.32. The number of nitrogens with zero attached hydrogens (tertiary/aromatic N) is 1. The predicted molar refractivity (Wildman–Crippen MR) is 67.8 cm³/mol. The quantitative estimate of drug-likeness (QED) is 0.798. The summed E-state index contributed by atoms with van der Waals surface area (Å²) in [5.74, 6) is -0.570. The lowest BCUT2D eigenvalue weighted by Crippen LogP contribution is -2.27. The Bertz CT molecular complexity index is 430. The van der Waals surface area contributed by atoms with Gasteiger partial charge < -0.3 is 4.74 Å². The maximum atomic E-state index is 12.1. The molecule has 0 amide bonds. The van der Waals surface area contributed by atoms with Crippen molar-refractivity contribution in [1.82, 2.24) is 0 Å². The van der Waals surface area contributed by atoms with E-state index in [0.717, 1.165) is 24.8 Å². The fourth-order valence-electron chi connectivity index (χ4n) is 2.25. The molecule has 2 rings (SSSR count). The molecule has 2 atom stereocenters. The minimum absolute atomic E-state index is 0.0362. The number of ether oxygens (including phenoxy) is 1. The van der Waals surface area contributed by atoms with E-state index in [1.807, 2.05) is 30.3 Å². The maximum Gasteiger partial charge on any atom is 0.178 e. The largest absolute Gasteiger partial charge is 0.370 e. The van der Waals surface area contributed by atoms with E-state index in [1.54, 1.807) is 0 Å². The Hall–Kier alpha value is -1.66. The number of nitriles is 1. The van der Waals surface area contributed by atoms with E-state index in [-0.39, 0.29) is 11.9 Å². The molecule has 1 heterocycles. The molecule has 0 spiro atoms. The highest BCUT2D eigenvalue weighted by Crippen LogP contribution is 2.19. The Morgan fingerprint density at radius 1 is 1.44 bits per heavy atom. The van der Waals surface area contributed by atoms with Crippen LogP contribution in [0.1, 0.15) is 24.8 Å². The van der Waals surface area contributed by atoms with E-state index in [2.05, 4.69) is 6.07 Å². The van der Waals surface area contributed by atoms with Gasteiger partial charge in [0.05, 0.1) is 6.07 Å². The monoisotopic (exact) mass is 243 g/mol. The van der Waals surface area contributed by atoms with Gasteiger partial charge in [0.2, 0.25) is 0 Å². The van der Waals surface area contributed by atoms with Crippen molar-refractivity contribution in [2.75, 3.05) is 6.61 Å². The normalized spacial score (nSPS) is 20.3. The molecule has 0 aliphatic carbocycles. The Morgan fingerprint density at radius 3 is 2.83 bits per heavy atom. The predicted octanol–water partition coefficient (Wildman–Crippen LogP) is 2.51. The van der Waals surface area contributed by atoms with Crippen molar-refractivity contribution in [3.8, 4) is 6.07 Å². The second-order valence-electron chi connectivity index (χ2n) is 4.61. The van der Waals surface area contributed by atoms with Crippen molar-refractivity contribution in [3.05, 3.63) is 35.9 Å². The van der Waals surface area contributed by atoms with E-state index in [1.165, 1.54) is 0 Å². The van der Waals surface area contributed by atoms with Crippen LogP contribution in [0.2, 0.25) is 0 Å². The van der Waals surface area contributed by atoms with Gasteiger partial charge in [-0.1, -0.05) is 30.3 Å². The highest BCUT2D eigenvalue weighted by molar-refractivity contribution is 5.87. The lowest BCUT2D eigenvalue weighted by Gasteiger charge is -2.12. The number of aryl methyl sites for hydroxylation is 1. The van der Waals surface area contributed by atoms with E-state index in [0.29, 0.717) is 13.0 Å². The zero-order valence-electron chi connectivity index (χ0n) is 10.3. The van der Waals surface area contributed by atoms with Crippen LogP contribution in [-0.4, -0.2) is 18.5 Å². The van der Waals surface area contributed by atoms with E-state index in [9.17, 15) is 4.79 Å². The van der Waals surface area contributed by atoms with Gasteiger partial charge in [-0.2, -0.15) is 5.26 Å². The molecule has 3 heteroatoms. The maximum absolute atomic E-state index is 12.1. The first kappa shape index (κ1) is 12.8. The number of rotatable bonds is 5. The van der Waals surface area contributed by atoms with Gasteiger partial charge in [0.1, 0.15) is 12.0 Å². The van der Waals surface area contributed by atoms with Crippen LogP contribution in [0.5, 0.6) is 0 Å². The van der Waals surface area contributed by atoms with E-state index < -0.39 is 5.92 Å². The summed E-state index contributed by atoms with van der Waals surface area (Å²) in [5, 5.41) is 9.11. The van der Waals surface area contributed by atoms with Crippen molar-refractivity contribution in [2.24, 2.45) is 5.92 Å². The Labute approximate surface area is 107 Å². The van der Waals surface area contributed by atoms with Gasteiger partial charge in [-0.15, -0.1) is 0 Å². The number of carbonyl (C=O) groups is 1. The molecule has 1 saturated heterocycles. The van der Waals surface area contributed by atoms with Crippen LogP contribution in [-0.2, 0) is 16.0 Å². The summed E-state index contributed by atoms with van der Waals surface area (Å²) in [7, 11) is 0. The summed E-state index contributed by atoms with van der Waals surface area (Å²) in [6.07, 6.45) is 2.69. The molecule has 0 bridgehead atoms. The molecule has 0 radical (unpaired) electrons. The zero-order valence-corrected chi connectivity index (χ0v) is 10.3. The topological polar surface area (TPSA) is 50.1 Å². The number of benzene rings is 1. The number of hydrogen-bond donors (Lipinski definition) is 0. The van der Waals surface area contributed by atoms with Crippen LogP contribution in [0.15, 0.2) is 30.3 Å². The molecular weight excluding hydrogens is 226 g/mol. The summed E-state index contributed by atoms with van der Waals surface area (Å²) < 4.78 is 5.35. The molecule has 1 aliphatic heterocycles. The van der Waals surface area contributed by atoms with Crippen LogP contribution >= 0.6 is 0 Å². The van der Waals surface area contributed by atoms with Gasteiger partial charge in [-0.25, -0.2) is 0 Å². The van der Waals surface area contributed by atoms with Crippen LogP contribution < -0.4 is 0 Å². The Morgan fingerprint density at radius 2 is 2.22 bits per heavy atom. The van der Waals surface area contributed by atoms with Crippen LogP contribution in [0.3, 0.4) is 0 Å². The first-order chi connectivity index (χ1) is 8.81. The number of Topliss-reactive ketones (excluding diaryl/α,β-unsaturated/α-hetero) is 1. The van der Waals surface area contributed by atoms with Crippen molar-refractivity contribution in [2.45, 2.75) is 31.8 Å². The summed E-state index contributed by atoms with van der Waals surface area (Å²) in [5.41, 5.74) is 1.16. The summed E-state index contributed by atoms with van der Waals surface area (Å²) in [4.78, 5) is 12.1. The van der Waals surface area contributed by atoms with Gasteiger partial charge >= 0.3 is 0 Å². The number of carbonyl (C=O) groups excluding carboxylic acids is 1. The fourth-order valence-corrected chi connectivity index (χ4v) is 2.25. The van der Waals surface area contributed by atoms with Gasteiger partial charge in [-0.05, 0) is 31.2 Å². The third kappa shape index (κ3) is 3.18. The van der Waals surface area contributed by atoms with Gasteiger partial charge in [0, 0.05) is 6.61 Å². The average molecular weight is 243 g/mol. The van der Waals surface area contributed by atoms with Gasteiger partial charge in [0.15, 0.2) is 5.78 Å². The lowest BCUT2D eigenvalue weighted by atomic mass is 9.93. The van der Waals surface area contributed by atoms with Crippen LogP contribution in [0.25, 0.3) is 0 Å². The third-order valence-corrected chi connectivity index (χ3v) is 3.31. The SMILES string of the molecule is N#CC(CCc1ccccc1)C(=O)C1CCCO1. The molecule has 0 N–H and O–H groups in total. The minimum Gasteiger partial charge on any atom is -0.370 e. The Kier molecular flexibility index (Phi) is 4.49. The molecule has 0 aromatic heterocycles. The van der Waals surface area contributed by atoms with Crippen LogP contribution in [0, 0.1) is 17.2 Å². The number of hydrogen-bond acceptors (Lipinski definition) is 3. The molecule has 18 heavy (non-hydrogen) atoms. The molecule has 2 unspecified atom stereocenters. The van der Waals surface area contributed by atoms with Crippen LogP contribution in [0.4, 0.5) is 0 Å². The van der Waals surface area contributed by atoms with E-state index >= 15 is 0 Å². The summed E-state index contributed by atoms with van der Waals surface area (Å²) in [6.45, 7) is 0.646. The molecule has 3 nitrogen and oxygen atoms in total.